The van der Waals surface area contributed by atoms with E-state index in [0.717, 1.165) is 0 Å². The molecule has 18 heavy (non-hydrogen) atoms. The van der Waals surface area contributed by atoms with E-state index in [1.54, 1.807) is 6.20 Å². The second-order valence-electron chi connectivity index (χ2n) is 4.00. The third kappa shape index (κ3) is 2.73. The molecule has 0 unspecified atom stereocenters. The van der Waals surface area contributed by atoms with Crippen molar-refractivity contribution in [2.45, 2.75) is 0 Å². The summed E-state index contributed by atoms with van der Waals surface area (Å²) < 4.78 is 0. The zero-order chi connectivity index (χ0) is 13.0. The van der Waals surface area contributed by atoms with E-state index in [9.17, 15) is 4.79 Å². The lowest BCUT2D eigenvalue weighted by Gasteiger charge is -2.34. The topological polar surface area (TPSA) is 93.4 Å². The van der Waals surface area contributed by atoms with E-state index >= 15 is 0 Å². The SMILES string of the molecule is N#Cc1nccnc1N1CCN(CC(=O)O)CC1. The maximum atomic E-state index is 10.6. The number of aromatic nitrogens is 2. The van der Waals surface area contributed by atoms with Crippen molar-refractivity contribution in [1.29, 1.82) is 5.26 Å². The van der Waals surface area contributed by atoms with Crippen molar-refractivity contribution in [3.05, 3.63) is 18.1 Å². The lowest BCUT2D eigenvalue weighted by molar-refractivity contribution is -0.138. The van der Waals surface area contributed by atoms with Gasteiger partial charge in [-0.1, -0.05) is 0 Å². The molecule has 0 atom stereocenters. The van der Waals surface area contributed by atoms with Crippen LogP contribution in [-0.4, -0.2) is 58.7 Å². The lowest BCUT2D eigenvalue weighted by atomic mass is 10.3. The average molecular weight is 247 g/mol. The summed E-state index contributed by atoms with van der Waals surface area (Å²) in [4.78, 5) is 22.6. The first-order valence-electron chi connectivity index (χ1n) is 5.61. The number of carboxylic acid groups (broad SMARTS) is 1. The molecule has 0 saturated carbocycles. The molecule has 7 nitrogen and oxygen atoms in total. The maximum absolute atomic E-state index is 10.6. The van der Waals surface area contributed by atoms with Gasteiger partial charge >= 0.3 is 5.97 Å². The highest BCUT2D eigenvalue weighted by Crippen LogP contribution is 2.15. The van der Waals surface area contributed by atoms with Crippen molar-refractivity contribution in [2.75, 3.05) is 37.6 Å². The minimum Gasteiger partial charge on any atom is -0.480 e. The highest BCUT2D eigenvalue weighted by Gasteiger charge is 2.21. The van der Waals surface area contributed by atoms with Gasteiger partial charge in [0.25, 0.3) is 0 Å². The van der Waals surface area contributed by atoms with E-state index in [1.165, 1.54) is 6.20 Å². The van der Waals surface area contributed by atoms with E-state index < -0.39 is 5.97 Å². The van der Waals surface area contributed by atoms with Gasteiger partial charge in [0.05, 0.1) is 6.54 Å². The summed E-state index contributed by atoms with van der Waals surface area (Å²) in [6.07, 6.45) is 3.04. The van der Waals surface area contributed by atoms with Crippen molar-refractivity contribution in [1.82, 2.24) is 14.9 Å². The van der Waals surface area contributed by atoms with Gasteiger partial charge in [0.2, 0.25) is 0 Å². The lowest BCUT2D eigenvalue weighted by Crippen LogP contribution is -2.48. The maximum Gasteiger partial charge on any atom is 0.317 e. The number of rotatable bonds is 3. The quantitative estimate of drug-likeness (QED) is 0.773. The van der Waals surface area contributed by atoms with Crippen molar-refractivity contribution in [3.8, 4) is 6.07 Å². The van der Waals surface area contributed by atoms with Crippen molar-refractivity contribution < 1.29 is 9.90 Å². The average Bonchev–Trinajstić information content (AvgIpc) is 2.39. The first-order valence-corrected chi connectivity index (χ1v) is 5.61. The third-order valence-corrected chi connectivity index (χ3v) is 2.82. The number of aliphatic carboxylic acids is 1. The number of nitrogens with zero attached hydrogens (tertiary/aromatic N) is 5. The Balaban J connectivity index is 2.01. The molecule has 0 aromatic carbocycles. The Kier molecular flexibility index (Phi) is 3.69. The van der Waals surface area contributed by atoms with Gasteiger partial charge in [0.1, 0.15) is 6.07 Å². The summed E-state index contributed by atoms with van der Waals surface area (Å²) in [5, 5.41) is 17.7. The molecule has 1 fully saturated rings. The normalized spacial score (nSPS) is 16.3. The Hall–Kier alpha value is -2.20. The van der Waals surface area contributed by atoms with Crippen LogP contribution in [0.15, 0.2) is 12.4 Å². The molecular formula is C11H13N5O2. The molecule has 1 aliphatic rings. The van der Waals surface area contributed by atoms with Crippen LogP contribution < -0.4 is 4.90 Å². The van der Waals surface area contributed by atoms with Gasteiger partial charge in [-0.05, 0) is 0 Å². The van der Waals surface area contributed by atoms with Crippen LogP contribution in [0.4, 0.5) is 5.82 Å². The van der Waals surface area contributed by atoms with Crippen LogP contribution in [0.25, 0.3) is 0 Å². The number of carbonyl (C=O) groups is 1. The third-order valence-electron chi connectivity index (χ3n) is 2.82. The molecule has 94 valence electrons. The van der Waals surface area contributed by atoms with Gasteiger partial charge in [-0.3, -0.25) is 9.69 Å². The Morgan fingerprint density at radius 3 is 2.61 bits per heavy atom. The summed E-state index contributed by atoms with van der Waals surface area (Å²) in [5.74, 6) is -0.240. The summed E-state index contributed by atoms with van der Waals surface area (Å²) in [7, 11) is 0. The molecule has 0 amide bonds. The van der Waals surface area contributed by atoms with E-state index in [4.69, 9.17) is 10.4 Å². The largest absolute Gasteiger partial charge is 0.480 e. The zero-order valence-electron chi connectivity index (χ0n) is 9.78. The molecular weight excluding hydrogens is 234 g/mol. The first kappa shape index (κ1) is 12.3. The van der Waals surface area contributed by atoms with Gasteiger partial charge in [0, 0.05) is 38.6 Å². The van der Waals surface area contributed by atoms with Crippen LogP contribution in [0.2, 0.25) is 0 Å². The van der Waals surface area contributed by atoms with E-state index in [-0.39, 0.29) is 6.54 Å². The number of hydrogen-bond acceptors (Lipinski definition) is 6. The fourth-order valence-electron chi connectivity index (χ4n) is 1.95. The van der Waals surface area contributed by atoms with E-state index in [0.29, 0.717) is 37.7 Å². The summed E-state index contributed by atoms with van der Waals surface area (Å²) >= 11 is 0. The summed E-state index contributed by atoms with van der Waals surface area (Å²) in [5.41, 5.74) is 0.309. The molecule has 0 radical (unpaired) electrons. The monoisotopic (exact) mass is 247 g/mol. The summed E-state index contributed by atoms with van der Waals surface area (Å²) in [6, 6.07) is 2.01. The molecule has 0 aliphatic carbocycles. The van der Waals surface area contributed by atoms with Crippen LogP contribution in [-0.2, 0) is 4.79 Å². The molecule has 1 aromatic rings. The van der Waals surface area contributed by atoms with Crippen LogP contribution in [0.1, 0.15) is 5.69 Å². The first-order chi connectivity index (χ1) is 8.70. The number of anilines is 1. The molecule has 2 rings (SSSR count). The Morgan fingerprint density at radius 2 is 2.00 bits per heavy atom. The van der Waals surface area contributed by atoms with Gasteiger partial charge in [-0.25, -0.2) is 9.97 Å². The minimum absolute atomic E-state index is 0.0550. The summed E-state index contributed by atoms with van der Waals surface area (Å²) in [6.45, 7) is 2.65. The molecule has 1 aliphatic heterocycles. The molecule has 1 N–H and O–H groups in total. The molecule has 0 bridgehead atoms. The minimum atomic E-state index is -0.819. The molecule has 1 saturated heterocycles. The second kappa shape index (κ2) is 5.42. The second-order valence-corrected chi connectivity index (χ2v) is 4.00. The van der Waals surface area contributed by atoms with Crippen LogP contribution >= 0.6 is 0 Å². The van der Waals surface area contributed by atoms with Crippen molar-refractivity contribution in [2.24, 2.45) is 0 Å². The van der Waals surface area contributed by atoms with Crippen molar-refractivity contribution in [3.63, 3.8) is 0 Å². The van der Waals surface area contributed by atoms with E-state index in [2.05, 4.69) is 9.97 Å². The van der Waals surface area contributed by atoms with E-state index in [1.807, 2.05) is 15.9 Å². The molecule has 1 aromatic heterocycles. The molecule has 0 spiro atoms. The predicted molar refractivity (Wildman–Crippen MR) is 63.0 cm³/mol. The Bertz CT molecular complexity index is 477. The van der Waals surface area contributed by atoms with Crippen LogP contribution in [0, 0.1) is 11.3 Å². The zero-order valence-corrected chi connectivity index (χ0v) is 9.78. The standard InChI is InChI=1S/C11H13N5O2/c12-7-9-11(14-2-1-13-9)16-5-3-15(4-6-16)8-10(17)18/h1-2H,3-6,8H2,(H,17,18). The fourth-order valence-corrected chi connectivity index (χ4v) is 1.95. The van der Waals surface area contributed by atoms with Crippen LogP contribution in [0.5, 0.6) is 0 Å². The number of hydrogen-bond donors (Lipinski definition) is 1. The van der Waals surface area contributed by atoms with Gasteiger partial charge < -0.3 is 10.0 Å². The highest BCUT2D eigenvalue weighted by atomic mass is 16.4. The van der Waals surface area contributed by atoms with Crippen molar-refractivity contribution >= 4 is 11.8 Å². The Morgan fingerprint density at radius 1 is 1.33 bits per heavy atom. The fraction of sp³-hybridized carbons (Fsp3) is 0.455. The van der Waals surface area contributed by atoms with Crippen LogP contribution in [0.3, 0.4) is 0 Å². The van der Waals surface area contributed by atoms with Gasteiger partial charge in [-0.2, -0.15) is 5.26 Å². The number of piperazine rings is 1. The predicted octanol–water partition coefficient (Wildman–Crippen LogP) is -0.445. The smallest absolute Gasteiger partial charge is 0.317 e. The van der Waals surface area contributed by atoms with Gasteiger partial charge in [0.15, 0.2) is 11.5 Å². The van der Waals surface area contributed by atoms with Gasteiger partial charge in [-0.15, -0.1) is 0 Å². The molecule has 2 heterocycles. The highest BCUT2D eigenvalue weighted by molar-refractivity contribution is 5.69. The number of nitriles is 1. The molecule has 7 heteroatoms. The number of carboxylic acids is 1. The Labute approximate surface area is 104 Å².